The number of para-hydroxylation sites is 1. The molecule has 0 amide bonds. The van der Waals surface area contributed by atoms with Gasteiger partial charge in [0.1, 0.15) is 6.04 Å². The van der Waals surface area contributed by atoms with E-state index in [9.17, 15) is 26.7 Å². The Morgan fingerprint density at radius 2 is 1.73 bits per heavy atom. The van der Waals surface area contributed by atoms with E-state index in [1.54, 1.807) is 6.07 Å². The van der Waals surface area contributed by atoms with Crippen molar-refractivity contribution in [2.45, 2.75) is 25.1 Å². The lowest BCUT2D eigenvalue weighted by molar-refractivity contribution is -0.290. The molecule has 0 aliphatic heterocycles. The van der Waals surface area contributed by atoms with Gasteiger partial charge in [0.2, 0.25) is 5.91 Å². The number of halogens is 6. The van der Waals surface area contributed by atoms with Crippen molar-refractivity contribution >= 4 is 29.2 Å². The first kappa shape index (κ1) is 18.4. The number of nitrogens with zero attached hydrogens (tertiary/aromatic N) is 1. The summed E-state index contributed by atoms with van der Waals surface area (Å²) in [7, 11) is 0. The van der Waals surface area contributed by atoms with Gasteiger partial charge in [0, 0.05) is 24.1 Å². The number of carbonyl (C=O) groups is 1. The van der Waals surface area contributed by atoms with Crippen LogP contribution in [0, 0.1) is 0 Å². The maximum atomic E-state index is 13.4. The molecular formula is C13H12ClF5N2O. The second kappa shape index (κ2) is 5.85. The highest BCUT2D eigenvalue weighted by Gasteiger charge is 2.62. The Balaban J connectivity index is 0.00000242. The van der Waals surface area contributed by atoms with Gasteiger partial charge in [0.25, 0.3) is 0 Å². The normalized spacial score (nSPS) is 13.8. The van der Waals surface area contributed by atoms with E-state index in [0.717, 1.165) is 10.8 Å². The minimum atomic E-state index is -5.77. The molecule has 122 valence electrons. The number of hydrogen-bond donors (Lipinski definition) is 1. The first-order valence-electron chi connectivity index (χ1n) is 5.88. The number of nitrogens with two attached hydrogens (primary N) is 1. The van der Waals surface area contributed by atoms with Crippen molar-refractivity contribution in [3.05, 3.63) is 36.0 Å². The molecule has 0 aliphatic carbocycles. The highest BCUT2D eigenvalue weighted by Crippen LogP contribution is 2.44. The fourth-order valence-corrected chi connectivity index (χ4v) is 2.09. The summed E-state index contributed by atoms with van der Waals surface area (Å²) >= 11 is 0. The number of carbonyl (C=O) groups excluding carboxylic acids is 1. The summed E-state index contributed by atoms with van der Waals surface area (Å²) in [5, 5.41) is 0.0872. The van der Waals surface area contributed by atoms with Gasteiger partial charge < -0.3 is 5.73 Å². The Bertz CT molecular complexity index is 695. The van der Waals surface area contributed by atoms with Crippen LogP contribution in [0.3, 0.4) is 0 Å². The fourth-order valence-electron chi connectivity index (χ4n) is 2.09. The largest absolute Gasteiger partial charge is 0.455 e. The summed E-state index contributed by atoms with van der Waals surface area (Å²) < 4.78 is 65.1. The molecular weight excluding hydrogens is 331 g/mol. The molecule has 0 bridgehead atoms. The second-order valence-corrected chi connectivity index (χ2v) is 4.59. The molecule has 0 unspecified atom stereocenters. The fraction of sp³-hybridized carbons (Fsp3) is 0.308. The highest BCUT2D eigenvalue weighted by atomic mass is 35.5. The average molecular weight is 343 g/mol. The van der Waals surface area contributed by atoms with Crippen LogP contribution in [0.5, 0.6) is 0 Å². The Morgan fingerprint density at radius 1 is 1.18 bits per heavy atom. The Labute approximate surface area is 128 Å². The molecule has 0 fully saturated rings. The van der Waals surface area contributed by atoms with Crippen LogP contribution in [-0.4, -0.2) is 22.6 Å². The summed E-state index contributed by atoms with van der Waals surface area (Å²) in [6, 6.07) is 3.20. The SMILES string of the molecule is CC(=O)n1cc([C@@H](N)C(F)(F)C(F)(F)F)c2ccccc21.Cl. The zero-order chi connectivity index (χ0) is 16.0. The van der Waals surface area contributed by atoms with Crippen molar-refractivity contribution in [1.29, 1.82) is 0 Å². The van der Waals surface area contributed by atoms with Crippen molar-refractivity contribution in [2.24, 2.45) is 5.73 Å². The lowest BCUT2D eigenvalue weighted by atomic mass is 10.0. The smallest absolute Gasteiger partial charge is 0.319 e. The number of fused-ring (bicyclic) bond motifs is 1. The summed E-state index contributed by atoms with van der Waals surface area (Å²) in [6.07, 6.45) is -4.84. The van der Waals surface area contributed by atoms with Gasteiger partial charge in [0.15, 0.2) is 0 Å². The number of benzene rings is 1. The van der Waals surface area contributed by atoms with E-state index in [4.69, 9.17) is 5.73 Å². The van der Waals surface area contributed by atoms with Gasteiger partial charge in [-0.1, -0.05) is 18.2 Å². The van der Waals surface area contributed by atoms with E-state index >= 15 is 0 Å². The van der Waals surface area contributed by atoms with Crippen molar-refractivity contribution < 1.29 is 26.7 Å². The maximum absolute atomic E-state index is 13.4. The average Bonchev–Trinajstić information content (AvgIpc) is 2.76. The first-order valence-corrected chi connectivity index (χ1v) is 5.88. The molecule has 0 radical (unpaired) electrons. The number of aromatic nitrogens is 1. The third kappa shape index (κ3) is 2.80. The number of hydrogen-bond acceptors (Lipinski definition) is 2. The molecule has 1 atom stereocenters. The summed E-state index contributed by atoms with van der Waals surface area (Å²) in [5.74, 6) is -5.61. The van der Waals surface area contributed by atoms with Crippen LogP contribution in [-0.2, 0) is 0 Å². The van der Waals surface area contributed by atoms with Gasteiger partial charge in [-0.25, -0.2) is 0 Å². The third-order valence-electron chi connectivity index (χ3n) is 3.19. The molecule has 1 aromatic heterocycles. The van der Waals surface area contributed by atoms with E-state index in [0.29, 0.717) is 0 Å². The maximum Gasteiger partial charge on any atom is 0.455 e. The van der Waals surface area contributed by atoms with Gasteiger partial charge in [0.05, 0.1) is 5.52 Å². The molecule has 2 rings (SSSR count). The third-order valence-corrected chi connectivity index (χ3v) is 3.19. The van der Waals surface area contributed by atoms with Crippen molar-refractivity contribution in [1.82, 2.24) is 4.57 Å². The monoisotopic (exact) mass is 342 g/mol. The van der Waals surface area contributed by atoms with Crippen LogP contribution in [0.2, 0.25) is 0 Å². The van der Waals surface area contributed by atoms with Crippen LogP contribution in [0.25, 0.3) is 10.9 Å². The molecule has 0 spiro atoms. The number of rotatable bonds is 2. The number of alkyl halides is 5. The molecule has 22 heavy (non-hydrogen) atoms. The molecule has 0 aliphatic rings. The van der Waals surface area contributed by atoms with Crippen LogP contribution < -0.4 is 5.73 Å². The molecule has 2 aromatic rings. The van der Waals surface area contributed by atoms with Crippen molar-refractivity contribution in [3.8, 4) is 0 Å². The van der Waals surface area contributed by atoms with Crippen LogP contribution >= 0.6 is 12.4 Å². The lowest BCUT2D eigenvalue weighted by Crippen LogP contribution is -2.45. The zero-order valence-electron chi connectivity index (χ0n) is 11.2. The minimum Gasteiger partial charge on any atom is -0.319 e. The molecule has 1 heterocycles. The van der Waals surface area contributed by atoms with E-state index in [2.05, 4.69) is 0 Å². The van der Waals surface area contributed by atoms with Gasteiger partial charge in [-0.3, -0.25) is 9.36 Å². The molecule has 2 N–H and O–H groups in total. The van der Waals surface area contributed by atoms with Gasteiger partial charge in [-0.05, 0) is 6.07 Å². The lowest BCUT2D eigenvalue weighted by Gasteiger charge is -2.25. The minimum absolute atomic E-state index is 0. The Morgan fingerprint density at radius 3 is 2.23 bits per heavy atom. The van der Waals surface area contributed by atoms with Crippen molar-refractivity contribution in [2.75, 3.05) is 0 Å². The van der Waals surface area contributed by atoms with Crippen molar-refractivity contribution in [3.63, 3.8) is 0 Å². The molecule has 0 saturated carbocycles. The van der Waals surface area contributed by atoms with Crippen LogP contribution in [0.4, 0.5) is 22.0 Å². The van der Waals surface area contributed by atoms with Crippen LogP contribution in [0.15, 0.2) is 30.5 Å². The summed E-state index contributed by atoms with van der Waals surface area (Å²) in [4.78, 5) is 11.5. The van der Waals surface area contributed by atoms with Gasteiger partial charge in [-0.2, -0.15) is 22.0 Å². The Kier molecular flexibility index (Phi) is 4.88. The van der Waals surface area contributed by atoms with E-state index in [1.807, 2.05) is 0 Å². The summed E-state index contributed by atoms with van der Waals surface area (Å²) in [6.45, 7) is 1.17. The predicted octanol–water partition coefficient (Wildman–Crippen LogP) is 3.92. The first-order chi connectivity index (χ1) is 9.57. The second-order valence-electron chi connectivity index (χ2n) is 4.59. The van der Waals surface area contributed by atoms with E-state index in [1.165, 1.54) is 25.1 Å². The standard InChI is InChI=1S/C13H11F5N2O.ClH/c1-7(21)20-6-9(8-4-2-3-5-10(8)20)11(19)12(14,15)13(16,17)18;/h2-6,11H,19H2,1H3;1H/t11-;/m1./s1. The quantitative estimate of drug-likeness (QED) is 0.841. The molecule has 1 aromatic carbocycles. The summed E-state index contributed by atoms with van der Waals surface area (Å²) in [5.41, 5.74) is 4.95. The molecule has 0 saturated heterocycles. The van der Waals surface area contributed by atoms with Gasteiger partial charge in [-0.15, -0.1) is 12.4 Å². The Hall–Kier alpha value is -1.67. The predicted molar refractivity (Wildman–Crippen MR) is 73.4 cm³/mol. The molecule has 3 nitrogen and oxygen atoms in total. The topological polar surface area (TPSA) is 48.0 Å². The molecule has 9 heteroatoms. The van der Waals surface area contributed by atoms with Gasteiger partial charge >= 0.3 is 12.1 Å². The van der Waals surface area contributed by atoms with E-state index in [-0.39, 0.29) is 23.3 Å². The van der Waals surface area contributed by atoms with E-state index < -0.39 is 29.6 Å². The zero-order valence-corrected chi connectivity index (χ0v) is 12.0. The highest BCUT2D eigenvalue weighted by molar-refractivity contribution is 5.94. The van der Waals surface area contributed by atoms with Crippen LogP contribution in [0.1, 0.15) is 23.3 Å².